The summed E-state index contributed by atoms with van der Waals surface area (Å²) in [5.41, 5.74) is 1.28. The standard InChI is InChI=1S/C21H26N2O3/c1-16(11-12-17-7-3-2-4-8-17)22-20(24)18-9-5-13-23(15-18)21(25)19-10-6-14-26-19/h2-4,6-8,10,14,16,18H,5,9,11-13,15H2,1H3,(H,22,24). The van der Waals surface area contributed by atoms with Gasteiger partial charge in [-0.05, 0) is 50.3 Å². The fourth-order valence-corrected chi connectivity index (χ4v) is 3.39. The Morgan fingerprint density at radius 1 is 1.23 bits per heavy atom. The number of likely N-dealkylation sites (tertiary alicyclic amines) is 1. The third-order valence-electron chi connectivity index (χ3n) is 4.91. The zero-order chi connectivity index (χ0) is 18.4. The monoisotopic (exact) mass is 354 g/mol. The number of aryl methyl sites for hydroxylation is 1. The third kappa shape index (κ3) is 4.75. The van der Waals surface area contributed by atoms with Gasteiger partial charge in [0, 0.05) is 19.1 Å². The van der Waals surface area contributed by atoms with Crippen molar-refractivity contribution in [3.8, 4) is 0 Å². The lowest BCUT2D eigenvalue weighted by atomic mass is 9.96. The smallest absolute Gasteiger partial charge is 0.289 e. The maximum Gasteiger partial charge on any atom is 0.289 e. The summed E-state index contributed by atoms with van der Waals surface area (Å²) in [5.74, 6) is 0.0938. The molecule has 1 saturated heterocycles. The molecule has 1 aliphatic rings. The maximum atomic E-state index is 12.6. The topological polar surface area (TPSA) is 62.6 Å². The Bertz CT molecular complexity index is 712. The molecule has 0 aliphatic carbocycles. The number of hydrogen-bond acceptors (Lipinski definition) is 3. The minimum absolute atomic E-state index is 0.0440. The summed E-state index contributed by atoms with van der Waals surface area (Å²) in [6.45, 7) is 3.17. The van der Waals surface area contributed by atoms with Gasteiger partial charge in [-0.2, -0.15) is 0 Å². The number of piperidine rings is 1. The molecule has 0 saturated carbocycles. The van der Waals surface area contributed by atoms with E-state index in [1.54, 1.807) is 17.0 Å². The lowest BCUT2D eigenvalue weighted by molar-refractivity contribution is -0.127. The Kier molecular flexibility index (Phi) is 6.10. The lowest BCUT2D eigenvalue weighted by Gasteiger charge is -2.32. The summed E-state index contributed by atoms with van der Waals surface area (Å²) in [6, 6.07) is 13.8. The van der Waals surface area contributed by atoms with Crippen molar-refractivity contribution in [2.45, 2.75) is 38.6 Å². The number of carbonyl (C=O) groups excluding carboxylic acids is 2. The van der Waals surface area contributed by atoms with Crippen molar-refractivity contribution in [3.05, 3.63) is 60.1 Å². The fraction of sp³-hybridized carbons (Fsp3) is 0.429. The van der Waals surface area contributed by atoms with Crippen LogP contribution < -0.4 is 5.32 Å². The molecule has 1 aliphatic heterocycles. The van der Waals surface area contributed by atoms with Crippen molar-refractivity contribution in [1.82, 2.24) is 10.2 Å². The molecule has 5 nitrogen and oxygen atoms in total. The molecule has 5 heteroatoms. The summed E-state index contributed by atoms with van der Waals surface area (Å²) in [5, 5.41) is 3.11. The largest absolute Gasteiger partial charge is 0.459 e. The van der Waals surface area contributed by atoms with Crippen molar-refractivity contribution in [2.24, 2.45) is 5.92 Å². The maximum absolute atomic E-state index is 12.6. The molecule has 2 heterocycles. The van der Waals surface area contributed by atoms with E-state index in [0.717, 1.165) is 25.7 Å². The second-order valence-electron chi connectivity index (χ2n) is 7.00. The highest BCUT2D eigenvalue weighted by atomic mass is 16.3. The summed E-state index contributed by atoms with van der Waals surface area (Å²) >= 11 is 0. The van der Waals surface area contributed by atoms with Gasteiger partial charge in [0.2, 0.25) is 5.91 Å². The predicted molar refractivity (Wildman–Crippen MR) is 99.7 cm³/mol. The van der Waals surface area contributed by atoms with Gasteiger partial charge in [0.1, 0.15) is 0 Å². The SMILES string of the molecule is CC(CCc1ccccc1)NC(=O)C1CCCN(C(=O)c2ccco2)C1. The van der Waals surface area contributed by atoms with Crippen LogP contribution in [-0.4, -0.2) is 35.8 Å². The van der Waals surface area contributed by atoms with Crippen molar-refractivity contribution < 1.29 is 14.0 Å². The van der Waals surface area contributed by atoms with Gasteiger partial charge in [-0.3, -0.25) is 9.59 Å². The zero-order valence-electron chi connectivity index (χ0n) is 15.2. The van der Waals surface area contributed by atoms with Crippen LogP contribution in [0.5, 0.6) is 0 Å². The Morgan fingerprint density at radius 3 is 2.77 bits per heavy atom. The fourth-order valence-electron chi connectivity index (χ4n) is 3.39. The number of nitrogens with zero attached hydrogens (tertiary/aromatic N) is 1. The van der Waals surface area contributed by atoms with Crippen LogP contribution in [0.3, 0.4) is 0 Å². The average Bonchev–Trinajstić information content (AvgIpc) is 3.21. The van der Waals surface area contributed by atoms with E-state index >= 15 is 0 Å². The minimum atomic E-state index is -0.151. The van der Waals surface area contributed by atoms with E-state index < -0.39 is 0 Å². The van der Waals surface area contributed by atoms with Gasteiger partial charge in [-0.1, -0.05) is 30.3 Å². The highest BCUT2D eigenvalue weighted by molar-refractivity contribution is 5.92. The van der Waals surface area contributed by atoms with E-state index in [-0.39, 0.29) is 23.8 Å². The Labute approximate surface area is 154 Å². The van der Waals surface area contributed by atoms with Crippen molar-refractivity contribution in [3.63, 3.8) is 0 Å². The Balaban J connectivity index is 1.48. The van der Waals surface area contributed by atoms with Crippen molar-refractivity contribution in [1.29, 1.82) is 0 Å². The summed E-state index contributed by atoms with van der Waals surface area (Å²) < 4.78 is 5.19. The molecule has 138 valence electrons. The molecular weight excluding hydrogens is 328 g/mol. The first kappa shape index (κ1) is 18.2. The normalized spacial score (nSPS) is 18.3. The molecule has 3 rings (SSSR count). The van der Waals surface area contributed by atoms with E-state index in [9.17, 15) is 9.59 Å². The lowest BCUT2D eigenvalue weighted by Crippen LogP contribution is -2.47. The van der Waals surface area contributed by atoms with E-state index in [4.69, 9.17) is 4.42 Å². The van der Waals surface area contributed by atoms with Crippen LogP contribution in [0.4, 0.5) is 0 Å². The van der Waals surface area contributed by atoms with Crippen LogP contribution in [-0.2, 0) is 11.2 Å². The van der Waals surface area contributed by atoms with Crippen LogP contribution in [0, 0.1) is 5.92 Å². The van der Waals surface area contributed by atoms with Gasteiger partial charge < -0.3 is 14.6 Å². The first-order valence-electron chi connectivity index (χ1n) is 9.30. The number of rotatable bonds is 6. The molecule has 26 heavy (non-hydrogen) atoms. The quantitative estimate of drug-likeness (QED) is 0.866. The second-order valence-corrected chi connectivity index (χ2v) is 7.00. The van der Waals surface area contributed by atoms with E-state index in [1.165, 1.54) is 11.8 Å². The van der Waals surface area contributed by atoms with Crippen molar-refractivity contribution >= 4 is 11.8 Å². The average molecular weight is 354 g/mol. The Morgan fingerprint density at radius 2 is 2.04 bits per heavy atom. The summed E-state index contributed by atoms with van der Waals surface area (Å²) in [7, 11) is 0. The zero-order valence-corrected chi connectivity index (χ0v) is 15.2. The number of benzene rings is 1. The summed E-state index contributed by atoms with van der Waals surface area (Å²) in [6.07, 6.45) is 4.99. The van der Waals surface area contributed by atoms with E-state index in [0.29, 0.717) is 18.8 Å². The van der Waals surface area contributed by atoms with Gasteiger partial charge in [0.25, 0.3) is 5.91 Å². The molecule has 1 fully saturated rings. The molecule has 1 N–H and O–H groups in total. The van der Waals surface area contributed by atoms with Gasteiger partial charge in [-0.15, -0.1) is 0 Å². The predicted octanol–water partition coefficient (Wildman–Crippen LogP) is 3.27. The highest BCUT2D eigenvalue weighted by Crippen LogP contribution is 2.19. The van der Waals surface area contributed by atoms with E-state index in [2.05, 4.69) is 17.4 Å². The third-order valence-corrected chi connectivity index (χ3v) is 4.91. The Hall–Kier alpha value is -2.56. The van der Waals surface area contributed by atoms with Crippen LogP contribution >= 0.6 is 0 Å². The molecule has 2 aromatic rings. The molecule has 2 atom stereocenters. The van der Waals surface area contributed by atoms with Gasteiger partial charge >= 0.3 is 0 Å². The molecule has 1 aromatic heterocycles. The molecule has 0 radical (unpaired) electrons. The second kappa shape index (κ2) is 8.70. The number of carbonyl (C=O) groups is 2. The molecule has 0 bridgehead atoms. The minimum Gasteiger partial charge on any atom is -0.459 e. The molecule has 0 spiro atoms. The molecular formula is C21H26N2O3. The first-order chi connectivity index (χ1) is 12.6. The van der Waals surface area contributed by atoms with Crippen LogP contribution in [0.15, 0.2) is 53.1 Å². The number of hydrogen-bond donors (Lipinski definition) is 1. The number of amides is 2. The van der Waals surface area contributed by atoms with Crippen LogP contribution in [0.1, 0.15) is 42.3 Å². The van der Waals surface area contributed by atoms with Gasteiger partial charge in [0.15, 0.2) is 5.76 Å². The summed E-state index contributed by atoms with van der Waals surface area (Å²) in [4.78, 5) is 26.7. The van der Waals surface area contributed by atoms with E-state index in [1.807, 2.05) is 25.1 Å². The van der Waals surface area contributed by atoms with Crippen molar-refractivity contribution in [2.75, 3.05) is 13.1 Å². The van der Waals surface area contributed by atoms with Gasteiger partial charge in [-0.25, -0.2) is 0 Å². The number of nitrogens with one attached hydrogen (secondary N) is 1. The highest BCUT2D eigenvalue weighted by Gasteiger charge is 2.30. The van der Waals surface area contributed by atoms with Crippen LogP contribution in [0.25, 0.3) is 0 Å². The first-order valence-corrected chi connectivity index (χ1v) is 9.30. The molecule has 2 amide bonds. The number of furan rings is 1. The molecule has 2 unspecified atom stereocenters. The van der Waals surface area contributed by atoms with Crippen LogP contribution in [0.2, 0.25) is 0 Å². The van der Waals surface area contributed by atoms with Gasteiger partial charge in [0.05, 0.1) is 12.2 Å². The molecule has 1 aromatic carbocycles.